The van der Waals surface area contributed by atoms with Gasteiger partial charge in [0.1, 0.15) is 24.4 Å². The first kappa shape index (κ1) is 65.4. The number of nitrogens with one attached hydrogen (secondary N) is 1. The number of hydrogen-bond acceptors (Lipinski definition) is 8. The average Bonchev–Trinajstić information content (AvgIpc) is 3.35. The van der Waals surface area contributed by atoms with E-state index in [0.717, 1.165) is 44.9 Å². The standard InChI is InChI=1S/C60H113NO8/c1-3-5-7-9-11-13-15-17-19-21-22-23-24-25-26-27-28-29-30-31-32-34-36-38-40-42-44-46-48-50-56(64)61-53(52-68-60-59(67)58(66)57(65)55(51-62)69-60)54(63)49-47-45-43-41-39-37-35-33-20-18-16-14-12-10-8-6-4-2/h22-23,25-26,47,49,53-55,57-60,62-63,65-67H,3-21,24,27-46,48,50-52H2,1-2H3,(H,61,64)/b23-22-,26-25-,49-47+. The van der Waals surface area contributed by atoms with Gasteiger partial charge in [-0.05, 0) is 51.4 Å². The molecular weight excluding hydrogens is 863 g/mol. The highest BCUT2D eigenvalue weighted by atomic mass is 16.7. The quantitative estimate of drug-likeness (QED) is 0.0261. The minimum atomic E-state index is -1.57. The first-order chi connectivity index (χ1) is 33.8. The second kappa shape index (κ2) is 50.0. The summed E-state index contributed by atoms with van der Waals surface area (Å²) in [6, 6.07) is -0.805. The minimum absolute atomic E-state index is 0.175. The number of allylic oxidation sites excluding steroid dienone is 5. The van der Waals surface area contributed by atoms with Crippen LogP contribution in [0.3, 0.4) is 0 Å². The molecule has 9 nitrogen and oxygen atoms in total. The van der Waals surface area contributed by atoms with E-state index >= 15 is 0 Å². The number of hydrogen-bond donors (Lipinski definition) is 6. The molecule has 1 heterocycles. The van der Waals surface area contributed by atoms with Gasteiger partial charge in [-0.2, -0.15) is 0 Å². The van der Waals surface area contributed by atoms with Gasteiger partial charge in [-0.25, -0.2) is 0 Å². The SMILES string of the molecule is CCCCCCCCCCC/C=C\C/C=C\CCCCCCCCCCCCCCCC(=O)NC(COC1OC(CO)C(O)C(O)C1O)C(O)/C=C/CCCCCCCCCCCCCCCCC. The Morgan fingerprint density at radius 2 is 0.855 bits per heavy atom. The van der Waals surface area contributed by atoms with Gasteiger partial charge in [0, 0.05) is 6.42 Å². The number of aliphatic hydroxyl groups is 5. The predicted molar refractivity (Wildman–Crippen MR) is 290 cm³/mol. The van der Waals surface area contributed by atoms with Crippen LogP contribution in [0.15, 0.2) is 36.5 Å². The van der Waals surface area contributed by atoms with Gasteiger partial charge in [0.2, 0.25) is 5.91 Å². The fraction of sp³-hybridized carbons (Fsp3) is 0.883. The van der Waals surface area contributed by atoms with Crippen LogP contribution >= 0.6 is 0 Å². The van der Waals surface area contributed by atoms with Gasteiger partial charge in [0.25, 0.3) is 0 Å². The Morgan fingerprint density at radius 1 is 0.493 bits per heavy atom. The summed E-state index contributed by atoms with van der Waals surface area (Å²) in [6.45, 7) is 3.80. The summed E-state index contributed by atoms with van der Waals surface area (Å²) in [5.74, 6) is -0.175. The van der Waals surface area contributed by atoms with E-state index in [1.54, 1.807) is 6.08 Å². The van der Waals surface area contributed by atoms with Crippen LogP contribution in [-0.2, 0) is 14.3 Å². The van der Waals surface area contributed by atoms with E-state index in [9.17, 15) is 30.3 Å². The van der Waals surface area contributed by atoms with Crippen molar-refractivity contribution in [2.24, 2.45) is 0 Å². The molecule has 0 spiro atoms. The largest absolute Gasteiger partial charge is 0.394 e. The third-order valence-corrected chi connectivity index (χ3v) is 14.2. The second-order valence-corrected chi connectivity index (χ2v) is 20.8. The zero-order valence-corrected chi connectivity index (χ0v) is 45.1. The molecule has 0 bridgehead atoms. The number of rotatable bonds is 51. The van der Waals surface area contributed by atoms with Crippen molar-refractivity contribution < 1.29 is 39.8 Å². The molecule has 1 amide bonds. The maximum Gasteiger partial charge on any atom is 0.220 e. The zero-order valence-electron chi connectivity index (χ0n) is 45.1. The van der Waals surface area contributed by atoms with Gasteiger partial charge in [-0.3, -0.25) is 4.79 Å². The van der Waals surface area contributed by atoms with Gasteiger partial charge >= 0.3 is 0 Å². The lowest BCUT2D eigenvalue weighted by molar-refractivity contribution is -0.302. The van der Waals surface area contributed by atoms with Crippen molar-refractivity contribution in [1.82, 2.24) is 5.32 Å². The summed E-state index contributed by atoms with van der Waals surface area (Å²) in [5, 5.41) is 54.5. The summed E-state index contributed by atoms with van der Waals surface area (Å²) in [6.07, 6.45) is 57.8. The normalized spacial score (nSPS) is 19.7. The Kier molecular flexibility index (Phi) is 47.4. The van der Waals surface area contributed by atoms with E-state index in [0.29, 0.717) is 6.42 Å². The van der Waals surface area contributed by atoms with E-state index in [2.05, 4.69) is 43.5 Å². The molecule has 1 saturated heterocycles. The third kappa shape index (κ3) is 39.6. The zero-order chi connectivity index (χ0) is 50.1. The third-order valence-electron chi connectivity index (χ3n) is 14.2. The first-order valence-corrected chi connectivity index (χ1v) is 29.7. The van der Waals surface area contributed by atoms with Crippen LogP contribution in [0.5, 0.6) is 0 Å². The van der Waals surface area contributed by atoms with Crippen LogP contribution in [-0.4, -0.2) is 87.5 Å². The number of carbonyl (C=O) groups is 1. The lowest BCUT2D eigenvalue weighted by Crippen LogP contribution is -2.60. The molecule has 0 radical (unpaired) electrons. The minimum Gasteiger partial charge on any atom is -0.394 e. The van der Waals surface area contributed by atoms with Gasteiger partial charge in [-0.15, -0.1) is 0 Å². The van der Waals surface area contributed by atoms with Crippen molar-refractivity contribution in [2.45, 2.75) is 326 Å². The fourth-order valence-corrected chi connectivity index (χ4v) is 9.48. The molecule has 0 aliphatic carbocycles. The Morgan fingerprint density at radius 3 is 1.25 bits per heavy atom. The van der Waals surface area contributed by atoms with Crippen molar-refractivity contribution in [3.05, 3.63) is 36.5 Å². The van der Waals surface area contributed by atoms with Crippen LogP contribution in [0.4, 0.5) is 0 Å². The molecular formula is C60H113NO8. The highest BCUT2D eigenvalue weighted by Gasteiger charge is 2.44. The molecule has 1 fully saturated rings. The van der Waals surface area contributed by atoms with Crippen molar-refractivity contribution in [2.75, 3.05) is 13.2 Å². The van der Waals surface area contributed by atoms with Crippen molar-refractivity contribution >= 4 is 5.91 Å². The van der Waals surface area contributed by atoms with Crippen LogP contribution in [0.25, 0.3) is 0 Å². The lowest BCUT2D eigenvalue weighted by Gasteiger charge is -2.40. The van der Waals surface area contributed by atoms with E-state index in [-0.39, 0.29) is 12.5 Å². The highest BCUT2D eigenvalue weighted by molar-refractivity contribution is 5.76. The molecule has 1 rings (SSSR count). The van der Waals surface area contributed by atoms with E-state index in [4.69, 9.17) is 9.47 Å². The summed E-state index contributed by atoms with van der Waals surface area (Å²) in [7, 11) is 0. The number of unbranched alkanes of at least 4 members (excludes halogenated alkanes) is 37. The van der Waals surface area contributed by atoms with E-state index < -0.39 is 49.5 Å². The average molecular weight is 977 g/mol. The Balaban J connectivity index is 2.18. The lowest BCUT2D eigenvalue weighted by atomic mass is 9.99. The first-order valence-electron chi connectivity index (χ1n) is 29.7. The second-order valence-electron chi connectivity index (χ2n) is 20.8. The Hall–Kier alpha value is -1.59. The molecule has 406 valence electrons. The van der Waals surface area contributed by atoms with Crippen LogP contribution < -0.4 is 5.32 Å². The van der Waals surface area contributed by atoms with Crippen molar-refractivity contribution in [3.8, 4) is 0 Å². The predicted octanol–water partition coefficient (Wildman–Crippen LogP) is 14.7. The van der Waals surface area contributed by atoms with Gasteiger partial charge < -0.3 is 40.3 Å². The highest BCUT2D eigenvalue weighted by Crippen LogP contribution is 2.23. The Bertz CT molecular complexity index is 1180. The van der Waals surface area contributed by atoms with Gasteiger partial charge in [0.05, 0.1) is 25.4 Å². The summed E-state index contributed by atoms with van der Waals surface area (Å²) in [5.41, 5.74) is 0. The number of carbonyl (C=O) groups excluding carboxylic acids is 1. The molecule has 9 heteroatoms. The fourth-order valence-electron chi connectivity index (χ4n) is 9.48. The number of amides is 1. The van der Waals surface area contributed by atoms with Crippen LogP contribution in [0.1, 0.15) is 284 Å². The maximum atomic E-state index is 13.1. The van der Waals surface area contributed by atoms with Gasteiger partial charge in [0.15, 0.2) is 6.29 Å². The molecule has 7 unspecified atom stereocenters. The molecule has 0 aromatic rings. The van der Waals surface area contributed by atoms with Crippen molar-refractivity contribution in [1.29, 1.82) is 0 Å². The number of ether oxygens (including phenoxy) is 2. The molecule has 1 aliphatic rings. The van der Waals surface area contributed by atoms with Gasteiger partial charge in [-0.1, -0.05) is 262 Å². The molecule has 6 N–H and O–H groups in total. The smallest absolute Gasteiger partial charge is 0.220 e. The molecule has 1 aliphatic heterocycles. The summed E-state index contributed by atoms with van der Waals surface area (Å²) >= 11 is 0. The van der Waals surface area contributed by atoms with E-state index in [1.807, 2.05) is 6.08 Å². The number of aliphatic hydroxyl groups excluding tert-OH is 5. The van der Waals surface area contributed by atoms with Crippen LogP contribution in [0.2, 0.25) is 0 Å². The molecule has 7 atom stereocenters. The summed E-state index contributed by atoms with van der Waals surface area (Å²) in [4.78, 5) is 13.1. The maximum absolute atomic E-state index is 13.1. The van der Waals surface area contributed by atoms with E-state index in [1.165, 1.54) is 218 Å². The summed E-state index contributed by atoms with van der Waals surface area (Å²) < 4.78 is 11.3. The molecule has 0 saturated carbocycles. The Labute approximate surface area is 425 Å². The molecule has 0 aromatic carbocycles. The molecule has 69 heavy (non-hydrogen) atoms. The topological polar surface area (TPSA) is 149 Å². The molecule has 0 aromatic heterocycles. The monoisotopic (exact) mass is 976 g/mol. The van der Waals surface area contributed by atoms with Crippen LogP contribution in [0, 0.1) is 0 Å². The van der Waals surface area contributed by atoms with Crippen molar-refractivity contribution in [3.63, 3.8) is 0 Å².